The first-order chi connectivity index (χ1) is 37.6. The molecule has 0 aliphatic rings. The number of para-hydroxylation sites is 8. The van der Waals surface area contributed by atoms with Crippen molar-refractivity contribution in [2.24, 2.45) is 0 Å². The van der Waals surface area contributed by atoms with Crippen molar-refractivity contribution in [2.45, 2.75) is 26.7 Å². The molecule has 6 aromatic heterocycles. The van der Waals surface area contributed by atoms with Gasteiger partial charge in [-0.1, -0.05) is 159 Å². The van der Waals surface area contributed by atoms with E-state index >= 15 is 0 Å². The van der Waals surface area contributed by atoms with Crippen LogP contribution in [-0.4, -0.2) is 8.80 Å². The van der Waals surface area contributed by atoms with Crippen LogP contribution in [0.15, 0.2) is 227 Å². The van der Waals surface area contributed by atoms with Crippen LogP contribution in [0.4, 0.5) is 34.1 Å². The second-order valence-corrected chi connectivity index (χ2v) is 20.5. The first kappa shape index (κ1) is 41.7. The first-order valence-corrected chi connectivity index (χ1v) is 26.5. The maximum absolute atomic E-state index is 6.91. The van der Waals surface area contributed by atoms with Crippen LogP contribution in [0, 0.1) is 0 Å². The molecule has 0 saturated carbocycles. The summed E-state index contributed by atoms with van der Waals surface area (Å²) in [5.74, 6) is 0. The highest BCUT2D eigenvalue weighted by Gasteiger charge is 2.27. The molecular weight excluding hydrogens is 929 g/mol. The van der Waals surface area contributed by atoms with Crippen molar-refractivity contribution in [2.75, 3.05) is 9.80 Å². The second kappa shape index (κ2) is 15.4. The van der Waals surface area contributed by atoms with E-state index in [0.717, 1.165) is 90.8 Å². The minimum Gasteiger partial charge on any atom is -0.454 e. The fourth-order valence-corrected chi connectivity index (χ4v) is 13.3. The fraction of sp³-hybridized carbons (Fsp3) is 0.0571. The number of nitrogens with zero attached hydrogens (tertiary/aromatic N) is 4. The number of hydrogen-bond donors (Lipinski definition) is 0. The molecule has 6 nitrogen and oxygen atoms in total. The lowest BCUT2D eigenvalue weighted by atomic mass is 10.0. The number of hydrogen-bond acceptors (Lipinski definition) is 4. The summed E-state index contributed by atoms with van der Waals surface area (Å²) in [7, 11) is 0. The molecule has 0 fully saturated rings. The van der Waals surface area contributed by atoms with Crippen molar-refractivity contribution in [1.82, 2.24) is 8.80 Å². The summed E-state index contributed by atoms with van der Waals surface area (Å²) >= 11 is 0. The Kier molecular flexibility index (Phi) is 8.44. The number of aryl methyl sites for hydroxylation is 2. The Hall–Kier alpha value is -9.78. The van der Waals surface area contributed by atoms with Crippen LogP contribution < -0.4 is 9.80 Å². The maximum atomic E-state index is 6.91. The van der Waals surface area contributed by atoms with E-state index in [1.165, 1.54) is 87.3 Å². The standard InChI is InChI=1S/C70H46N4O2/c1-3-41-17-11-27-53-55-29-15-31-59(69(55)75-67(41)53)71(43-19-7-5-8-20-43)45-33-35-47-49-23-13-25-51-57-40-64-58(39-63(57)73(65(49)51)61(47)37-45)52-26-14-24-50-48-36-34-46(38-62(48)74(64)66(50)52)72(44-21-9-6-10-22-44)60-32-16-30-56-54-28-12-18-42(4-2)68(54)76-70(56)60/h5-40H,3-4H2,1-2H3. The molecule has 358 valence electrons. The Balaban J connectivity index is 0.897. The number of rotatable bonds is 8. The zero-order valence-corrected chi connectivity index (χ0v) is 41.8. The predicted octanol–water partition coefficient (Wildman–Crippen LogP) is 19.9. The van der Waals surface area contributed by atoms with Crippen molar-refractivity contribution in [3.05, 3.63) is 230 Å². The van der Waals surface area contributed by atoms with Crippen molar-refractivity contribution in [3.8, 4) is 0 Å². The highest BCUT2D eigenvalue weighted by atomic mass is 16.3. The van der Waals surface area contributed by atoms with Crippen LogP contribution in [0.5, 0.6) is 0 Å². The van der Waals surface area contributed by atoms with Gasteiger partial charge in [-0.25, -0.2) is 0 Å². The van der Waals surface area contributed by atoms with Gasteiger partial charge in [0.1, 0.15) is 11.2 Å². The van der Waals surface area contributed by atoms with Gasteiger partial charge in [-0.15, -0.1) is 0 Å². The van der Waals surface area contributed by atoms with Crippen LogP contribution >= 0.6 is 0 Å². The summed E-state index contributed by atoms with van der Waals surface area (Å²) in [5.41, 5.74) is 19.6. The summed E-state index contributed by atoms with van der Waals surface area (Å²) in [6, 6.07) is 80.1. The molecule has 0 bridgehead atoms. The second-order valence-electron chi connectivity index (χ2n) is 20.5. The summed E-state index contributed by atoms with van der Waals surface area (Å²) in [6.07, 6.45) is 1.80. The highest BCUT2D eigenvalue weighted by molar-refractivity contribution is 6.29. The van der Waals surface area contributed by atoms with Crippen LogP contribution in [0.25, 0.3) is 120 Å². The molecule has 17 aromatic rings. The summed E-state index contributed by atoms with van der Waals surface area (Å²) in [6.45, 7) is 4.39. The lowest BCUT2D eigenvalue weighted by Crippen LogP contribution is -2.10. The molecule has 0 N–H and O–H groups in total. The highest BCUT2D eigenvalue weighted by Crippen LogP contribution is 2.49. The number of aromatic nitrogens is 2. The topological polar surface area (TPSA) is 41.6 Å². The van der Waals surface area contributed by atoms with E-state index in [0.29, 0.717) is 0 Å². The molecule has 17 rings (SSSR count). The monoisotopic (exact) mass is 974 g/mol. The summed E-state index contributed by atoms with van der Waals surface area (Å²) < 4.78 is 18.9. The third-order valence-corrected chi connectivity index (χ3v) is 16.7. The number of anilines is 6. The minimum absolute atomic E-state index is 0.884. The van der Waals surface area contributed by atoms with E-state index in [1.54, 1.807) is 0 Å². The van der Waals surface area contributed by atoms with Gasteiger partial charge in [0.25, 0.3) is 0 Å². The molecule has 0 aliphatic carbocycles. The van der Waals surface area contributed by atoms with Gasteiger partial charge in [-0.2, -0.15) is 0 Å². The zero-order valence-electron chi connectivity index (χ0n) is 41.8. The van der Waals surface area contributed by atoms with Gasteiger partial charge in [-0.3, -0.25) is 0 Å². The van der Waals surface area contributed by atoms with E-state index in [1.807, 2.05) is 0 Å². The van der Waals surface area contributed by atoms with Gasteiger partial charge in [0.05, 0.1) is 44.5 Å². The molecule has 0 saturated heterocycles. The van der Waals surface area contributed by atoms with E-state index in [9.17, 15) is 0 Å². The van der Waals surface area contributed by atoms with Gasteiger partial charge in [0.15, 0.2) is 11.2 Å². The molecule has 0 unspecified atom stereocenters. The lowest BCUT2D eigenvalue weighted by Gasteiger charge is -2.25. The molecule has 0 spiro atoms. The molecular formula is C70H46N4O2. The summed E-state index contributed by atoms with van der Waals surface area (Å²) in [5, 5.41) is 14.5. The third kappa shape index (κ3) is 5.49. The quantitative estimate of drug-likeness (QED) is 0.152. The molecule has 76 heavy (non-hydrogen) atoms. The molecule has 0 amide bonds. The van der Waals surface area contributed by atoms with Gasteiger partial charge in [0, 0.05) is 87.4 Å². The molecule has 0 aliphatic heterocycles. The number of fused-ring (bicyclic) bond motifs is 18. The normalized spacial score (nSPS) is 12.4. The maximum Gasteiger partial charge on any atom is 0.159 e. The SMILES string of the molecule is CCc1cccc2c1oc1c(N(c3ccccc3)c3ccc4c5cccc6c7cc8c(cc7n(c4c3)c56)c3cccc4c5ccc(N(c6ccccc6)c6cccc7c6oc6c(CC)cccc67)cc5n8c43)cccc12. The molecule has 6 heterocycles. The fourth-order valence-electron chi connectivity index (χ4n) is 13.3. The van der Waals surface area contributed by atoms with Crippen LogP contribution in [0.1, 0.15) is 25.0 Å². The van der Waals surface area contributed by atoms with E-state index in [4.69, 9.17) is 8.83 Å². The Morgan fingerprint density at radius 2 is 0.645 bits per heavy atom. The Morgan fingerprint density at radius 3 is 1.07 bits per heavy atom. The Labute approximate surface area is 435 Å². The van der Waals surface area contributed by atoms with Crippen molar-refractivity contribution in [1.29, 1.82) is 0 Å². The van der Waals surface area contributed by atoms with Gasteiger partial charge in [-0.05, 0) is 96.8 Å². The first-order valence-electron chi connectivity index (χ1n) is 26.5. The van der Waals surface area contributed by atoms with Gasteiger partial charge < -0.3 is 27.4 Å². The average Bonchev–Trinajstić information content (AvgIpc) is 4.46. The zero-order chi connectivity index (χ0) is 49.9. The largest absolute Gasteiger partial charge is 0.454 e. The predicted molar refractivity (Wildman–Crippen MR) is 318 cm³/mol. The minimum atomic E-state index is 0.884. The smallest absolute Gasteiger partial charge is 0.159 e. The van der Waals surface area contributed by atoms with Gasteiger partial charge >= 0.3 is 0 Å². The number of furan rings is 2. The Morgan fingerprint density at radius 1 is 0.289 bits per heavy atom. The average molecular weight is 975 g/mol. The molecule has 6 heteroatoms. The van der Waals surface area contributed by atoms with Crippen LogP contribution in [0.2, 0.25) is 0 Å². The lowest BCUT2D eigenvalue weighted by molar-refractivity contribution is 0.663. The Bertz CT molecular complexity index is 4890. The molecule has 11 aromatic carbocycles. The van der Waals surface area contributed by atoms with E-state index in [-0.39, 0.29) is 0 Å². The van der Waals surface area contributed by atoms with Crippen molar-refractivity contribution >= 4 is 154 Å². The molecule has 0 radical (unpaired) electrons. The number of benzene rings is 11. The van der Waals surface area contributed by atoms with Gasteiger partial charge in [0.2, 0.25) is 0 Å². The third-order valence-electron chi connectivity index (χ3n) is 16.7. The van der Waals surface area contributed by atoms with E-state index in [2.05, 4.69) is 251 Å². The summed E-state index contributed by atoms with van der Waals surface area (Å²) in [4.78, 5) is 4.73. The van der Waals surface area contributed by atoms with Crippen molar-refractivity contribution in [3.63, 3.8) is 0 Å². The van der Waals surface area contributed by atoms with Crippen LogP contribution in [-0.2, 0) is 12.8 Å². The van der Waals surface area contributed by atoms with Crippen molar-refractivity contribution < 1.29 is 8.83 Å². The van der Waals surface area contributed by atoms with Crippen LogP contribution in [0.3, 0.4) is 0 Å². The van der Waals surface area contributed by atoms with E-state index < -0.39 is 0 Å². The molecule has 0 atom stereocenters.